The maximum Gasteiger partial charge on any atom is 0.151 e. The van der Waals surface area contributed by atoms with Gasteiger partial charge in [-0.2, -0.15) is 5.26 Å². The molecule has 0 saturated heterocycles. The molecule has 0 radical (unpaired) electrons. The average Bonchev–Trinajstić information content (AvgIpc) is 2.17. The largest absolute Gasteiger partial charge is 0.298 e. The zero-order chi connectivity index (χ0) is 9.84. The summed E-state index contributed by atoms with van der Waals surface area (Å²) in [5, 5.41) is 8.72. The summed E-state index contributed by atoms with van der Waals surface area (Å²) in [4.78, 5) is 21.0. The second-order valence-electron chi connectivity index (χ2n) is 2.28. The summed E-state index contributed by atoms with van der Waals surface area (Å²) < 4.78 is 0.528. The molecule has 0 N–H and O–H groups in total. The molecule has 0 bridgehead atoms. The van der Waals surface area contributed by atoms with Crippen molar-refractivity contribution in [2.24, 2.45) is 0 Å². The summed E-state index contributed by atoms with van der Waals surface area (Å²) in [7, 11) is 0. The van der Waals surface area contributed by atoms with Gasteiger partial charge in [0.1, 0.15) is 6.07 Å². The van der Waals surface area contributed by atoms with Crippen LogP contribution in [0.15, 0.2) is 12.1 Å². The quantitative estimate of drug-likeness (QED) is 0.615. The second kappa shape index (κ2) is 4.14. The van der Waals surface area contributed by atoms with Crippen molar-refractivity contribution in [1.82, 2.24) is 0 Å². The van der Waals surface area contributed by atoms with Crippen molar-refractivity contribution in [3.05, 3.63) is 32.4 Å². The van der Waals surface area contributed by atoms with Crippen molar-refractivity contribution >= 4 is 35.2 Å². The normalized spacial score (nSPS) is 8.92. The summed E-state index contributed by atoms with van der Waals surface area (Å²) in [6, 6.07) is 4.89. The van der Waals surface area contributed by atoms with E-state index in [2.05, 4.69) is 0 Å². The van der Waals surface area contributed by atoms with Crippen molar-refractivity contribution < 1.29 is 9.59 Å². The van der Waals surface area contributed by atoms with E-state index in [1.807, 2.05) is 28.7 Å². The molecule has 0 aliphatic carbocycles. The maximum atomic E-state index is 10.5. The molecule has 0 aromatic heterocycles. The lowest BCUT2D eigenvalue weighted by atomic mass is 10.1. The standard InChI is InChI=1S/C9H4INO2/c10-9-7(5-13)2-1-6(4-12)8(9)3-11/h1-2,4-5H. The Kier molecular flexibility index (Phi) is 3.14. The predicted molar refractivity (Wildman–Crippen MR) is 54.6 cm³/mol. The monoisotopic (exact) mass is 285 g/mol. The van der Waals surface area contributed by atoms with Crippen LogP contribution in [0.5, 0.6) is 0 Å². The molecule has 3 nitrogen and oxygen atoms in total. The molecule has 4 heteroatoms. The van der Waals surface area contributed by atoms with Crippen LogP contribution < -0.4 is 0 Å². The number of nitrogens with zero attached hydrogens (tertiary/aromatic N) is 1. The van der Waals surface area contributed by atoms with E-state index in [1.54, 1.807) is 0 Å². The number of carbonyl (C=O) groups is 2. The minimum absolute atomic E-state index is 0.264. The van der Waals surface area contributed by atoms with E-state index in [0.29, 0.717) is 27.3 Å². The van der Waals surface area contributed by atoms with Crippen LogP contribution in [0.25, 0.3) is 0 Å². The molecule has 0 unspecified atom stereocenters. The highest BCUT2D eigenvalue weighted by Gasteiger charge is 2.09. The number of carbonyl (C=O) groups excluding carboxylic acids is 2. The molecule has 0 amide bonds. The zero-order valence-corrected chi connectivity index (χ0v) is 8.61. The molecular formula is C9H4INO2. The lowest BCUT2D eigenvalue weighted by Gasteiger charge is -2.00. The van der Waals surface area contributed by atoms with Crippen LogP contribution in [0, 0.1) is 14.9 Å². The van der Waals surface area contributed by atoms with Crippen molar-refractivity contribution in [2.45, 2.75) is 0 Å². The van der Waals surface area contributed by atoms with E-state index in [0.717, 1.165) is 0 Å². The van der Waals surface area contributed by atoms with Gasteiger partial charge in [0.15, 0.2) is 12.6 Å². The first-order valence-electron chi connectivity index (χ1n) is 3.37. The van der Waals surface area contributed by atoms with Crippen LogP contribution in [-0.4, -0.2) is 12.6 Å². The minimum Gasteiger partial charge on any atom is -0.298 e. The predicted octanol–water partition coefficient (Wildman–Crippen LogP) is 1.79. The highest BCUT2D eigenvalue weighted by Crippen LogP contribution is 2.18. The SMILES string of the molecule is N#Cc1c(C=O)ccc(C=O)c1I. The summed E-state index contributed by atoms with van der Waals surface area (Å²) in [6.07, 6.45) is 1.27. The van der Waals surface area contributed by atoms with Crippen molar-refractivity contribution in [2.75, 3.05) is 0 Å². The Hall–Kier alpha value is -1.22. The van der Waals surface area contributed by atoms with Gasteiger partial charge in [-0.1, -0.05) is 0 Å². The van der Waals surface area contributed by atoms with Gasteiger partial charge in [0, 0.05) is 14.7 Å². The van der Waals surface area contributed by atoms with Gasteiger partial charge in [-0.25, -0.2) is 0 Å². The molecule has 0 aliphatic rings. The molecule has 0 atom stereocenters. The van der Waals surface area contributed by atoms with Crippen LogP contribution >= 0.6 is 22.6 Å². The molecule has 0 spiro atoms. The number of hydrogen-bond acceptors (Lipinski definition) is 3. The van der Waals surface area contributed by atoms with E-state index in [4.69, 9.17) is 5.26 Å². The number of rotatable bonds is 2. The first kappa shape index (κ1) is 9.86. The van der Waals surface area contributed by atoms with E-state index < -0.39 is 0 Å². The highest BCUT2D eigenvalue weighted by atomic mass is 127. The Morgan fingerprint density at radius 3 is 2.23 bits per heavy atom. The number of hydrogen-bond donors (Lipinski definition) is 0. The van der Waals surface area contributed by atoms with Gasteiger partial charge >= 0.3 is 0 Å². The molecule has 1 rings (SSSR count). The van der Waals surface area contributed by atoms with Gasteiger partial charge in [-0.05, 0) is 34.7 Å². The number of aldehydes is 2. The molecular weight excluding hydrogens is 281 g/mol. The Morgan fingerprint density at radius 2 is 1.77 bits per heavy atom. The Bertz CT molecular complexity index is 407. The summed E-state index contributed by atoms with van der Waals surface area (Å²) in [6.45, 7) is 0. The van der Waals surface area contributed by atoms with Crippen molar-refractivity contribution in [1.29, 1.82) is 5.26 Å². The van der Waals surface area contributed by atoms with Gasteiger partial charge in [-0.3, -0.25) is 9.59 Å². The molecule has 0 fully saturated rings. The van der Waals surface area contributed by atoms with Crippen LogP contribution in [0.3, 0.4) is 0 Å². The fraction of sp³-hybridized carbons (Fsp3) is 0. The van der Waals surface area contributed by atoms with Crippen molar-refractivity contribution in [3.8, 4) is 6.07 Å². The number of halogens is 1. The molecule has 1 aromatic rings. The van der Waals surface area contributed by atoms with E-state index in [-0.39, 0.29) is 5.56 Å². The minimum atomic E-state index is 0.264. The first-order chi connectivity index (χ1) is 6.24. The fourth-order valence-corrected chi connectivity index (χ4v) is 1.65. The third-order valence-corrected chi connectivity index (χ3v) is 2.73. The van der Waals surface area contributed by atoms with Gasteiger partial charge in [-0.15, -0.1) is 0 Å². The zero-order valence-electron chi connectivity index (χ0n) is 6.45. The third-order valence-electron chi connectivity index (χ3n) is 1.57. The Balaban J connectivity index is 3.51. The van der Waals surface area contributed by atoms with Gasteiger partial charge in [0.25, 0.3) is 0 Å². The van der Waals surface area contributed by atoms with Crippen LogP contribution in [0.2, 0.25) is 0 Å². The summed E-state index contributed by atoms with van der Waals surface area (Å²) >= 11 is 1.88. The average molecular weight is 285 g/mol. The Morgan fingerprint density at radius 1 is 1.23 bits per heavy atom. The topological polar surface area (TPSA) is 57.9 Å². The van der Waals surface area contributed by atoms with E-state index in [1.165, 1.54) is 12.1 Å². The van der Waals surface area contributed by atoms with E-state index in [9.17, 15) is 9.59 Å². The molecule has 1 aromatic carbocycles. The first-order valence-corrected chi connectivity index (χ1v) is 4.45. The van der Waals surface area contributed by atoms with Crippen LogP contribution in [0.1, 0.15) is 26.3 Å². The smallest absolute Gasteiger partial charge is 0.151 e. The third kappa shape index (κ3) is 1.75. The Labute approximate surface area is 88.5 Å². The maximum absolute atomic E-state index is 10.5. The molecule has 64 valence electrons. The van der Waals surface area contributed by atoms with Gasteiger partial charge in [0.2, 0.25) is 0 Å². The number of nitriles is 1. The summed E-state index contributed by atoms with van der Waals surface area (Å²) in [5.74, 6) is 0. The van der Waals surface area contributed by atoms with E-state index >= 15 is 0 Å². The second-order valence-corrected chi connectivity index (χ2v) is 3.36. The lowest BCUT2D eigenvalue weighted by Crippen LogP contribution is -1.96. The van der Waals surface area contributed by atoms with Crippen LogP contribution in [0.4, 0.5) is 0 Å². The lowest BCUT2D eigenvalue weighted by molar-refractivity contribution is 0.111. The molecule has 0 aliphatic heterocycles. The van der Waals surface area contributed by atoms with Gasteiger partial charge < -0.3 is 0 Å². The van der Waals surface area contributed by atoms with Crippen LogP contribution in [-0.2, 0) is 0 Å². The molecule has 0 heterocycles. The van der Waals surface area contributed by atoms with Crippen molar-refractivity contribution in [3.63, 3.8) is 0 Å². The highest BCUT2D eigenvalue weighted by molar-refractivity contribution is 14.1. The molecule has 0 saturated carbocycles. The number of benzene rings is 1. The molecule has 13 heavy (non-hydrogen) atoms. The van der Waals surface area contributed by atoms with Gasteiger partial charge in [0.05, 0.1) is 5.56 Å². The fourth-order valence-electron chi connectivity index (χ4n) is 0.910. The summed E-state index contributed by atoms with van der Waals surface area (Å²) in [5.41, 5.74) is 1.01.